The Labute approximate surface area is 158 Å². The molecule has 0 aromatic rings. The molecule has 0 aromatic carbocycles. The summed E-state index contributed by atoms with van der Waals surface area (Å²) in [6, 6.07) is 0. The maximum absolute atomic E-state index is 5.48. The second-order valence-corrected chi connectivity index (χ2v) is 8.31. The molecule has 1 saturated carbocycles. The molecule has 0 radical (unpaired) electrons. The minimum absolute atomic E-state index is 0.427. The Morgan fingerprint density at radius 1 is 1.16 bits per heavy atom. The van der Waals surface area contributed by atoms with Gasteiger partial charge in [-0.2, -0.15) is 0 Å². The summed E-state index contributed by atoms with van der Waals surface area (Å²) in [6.45, 7) is 18.7. The Hall–Kier alpha value is -0.560. The van der Waals surface area contributed by atoms with E-state index in [-0.39, 0.29) is 0 Å². The van der Waals surface area contributed by atoms with Crippen molar-refractivity contribution in [3.05, 3.63) is 22.8 Å². The van der Waals surface area contributed by atoms with Gasteiger partial charge in [0.05, 0.1) is 6.61 Å². The lowest BCUT2D eigenvalue weighted by Gasteiger charge is -2.29. The zero-order valence-electron chi connectivity index (χ0n) is 18.5. The number of rotatable bonds is 3. The molecular weight excluding hydrogens is 304 g/mol. The predicted octanol–water partition coefficient (Wildman–Crippen LogP) is 7.43. The van der Waals surface area contributed by atoms with Crippen molar-refractivity contribution >= 4 is 0 Å². The summed E-state index contributed by atoms with van der Waals surface area (Å²) in [4.78, 5) is 0. The van der Waals surface area contributed by atoms with Gasteiger partial charge < -0.3 is 4.74 Å². The Morgan fingerprint density at radius 2 is 1.80 bits per heavy atom. The van der Waals surface area contributed by atoms with Crippen molar-refractivity contribution in [2.24, 2.45) is 29.1 Å². The van der Waals surface area contributed by atoms with Crippen molar-refractivity contribution in [3.63, 3.8) is 0 Å². The van der Waals surface area contributed by atoms with Crippen molar-refractivity contribution in [1.29, 1.82) is 0 Å². The Kier molecular flexibility index (Phi) is 8.95. The lowest BCUT2D eigenvalue weighted by atomic mass is 9.75. The van der Waals surface area contributed by atoms with Crippen molar-refractivity contribution in [2.75, 3.05) is 13.7 Å². The average Bonchev–Trinajstić information content (AvgIpc) is 3.11. The van der Waals surface area contributed by atoms with E-state index in [1.807, 2.05) is 34.8 Å². The first-order valence-electron chi connectivity index (χ1n) is 10.9. The van der Waals surface area contributed by atoms with Gasteiger partial charge in [-0.15, -0.1) is 0 Å². The highest BCUT2D eigenvalue weighted by molar-refractivity contribution is 5.35. The Bertz CT molecular complexity index is 470. The van der Waals surface area contributed by atoms with Crippen molar-refractivity contribution < 1.29 is 4.74 Å². The highest BCUT2D eigenvalue weighted by Gasteiger charge is 2.46. The van der Waals surface area contributed by atoms with E-state index in [0.29, 0.717) is 11.3 Å². The van der Waals surface area contributed by atoms with Gasteiger partial charge in [-0.25, -0.2) is 0 Å². The average molecular weight is 349 g/mol. The molecule has 0 aliphatic heterocycles. The molecule has 1 nitrogen and oxygen atoms in total. The first-order chi connectivity index (χ1) is 12.0. The minimum atomic E-state index is 0.427. The van der Waals surface area contributed by atoms with Crippen LogP contribution in [-0.2, 0) is 4.74 Å². The third-order valence-electron chi connectivity index (χ3n) is 6.54. The molecule has 0 heterocycles. The van der Waals surface area contributed by atoms with Crippen molar-refractivity contribution in [2.45, 2.75) is 87.5 Å². The van der Waals surface area contributed by atoms with E-state index in [2.05, 4.69) is 33.8 Å². The molecule has 0 N–H and O–H groups in total. The summed E-state index contributed by atoms with van der Waals surface area (Å²) in [6.07, 6.45) is 9.38. The quantitative estimate of drug-likeness (QED) is 0.482. The van der Waals surface area contributed by atoms with E-state index in [4.69, 9.17) is 4.74 Å². The molecule has 25 heavy (non-hydrogen) atoms. The molecule has 0 amide bonds. The highest BCUT2D eigenvalue weighted by atomic mass is 16.5. The van der Waals surface area contributed by atoms with E-state index in [0.717, 1.165) is 24.4 Å². The van der Waals surface area contributed by atoms with E-state index < -0.39 is 0 Å². The lowest BCUT2D eigenvalue weighted by molar-refractivity contribution is 0.222. The van der Waals surface area contributed by atoms with Gasteiger partial charge in [0.15, 0.2) is 0 Å². The fourth-order valence-corrected chi connectivity index (χ4v) is 5.35. The van der Waals surface area contributed by atoms with Crippen LogP contribution in [0.3, 0.4) is 0 Å². The molecule has 146 valence electrons. The normalized spacial score (nSPS) is 33.5. The number of ether oxygens (including phenoxy) is 1. The third kappa shape index (κ3) is 4.59. The molecule has 4 unspecified atom stereocenters. The maximum atomic E-state index is 5.48. The molecule has 3 aliphatic rings. The van der Waals surface area contributed by atoms with Gasteiger partial charge in [-0.05, 0) is 66.8 Å². The monoisotopic (exact) mass is 348 g/mol. The van der Waals surface area contributed by atoms with Crippen LogP contribution in [0.15, 0.2) is 22.8 Å². The van der Waals surface area contributed by atoms with Gasteiger partial charge in [-0.1, -0.05) is 72.6 Å². The largest absolute Gasteiger partial charge is 0.380 e. The van der Waals surface area contributed by atoms with Gasteiger partial charge in [-0.3, -0.25) is 0 Å². The van der Waals surface area contributed by atoms with Crippen molar-refractivity contribution in [1.82, 2.24) is 0 Å². The fourth-order valence-electron chi connectivity index (χ4n) is 5.35. The van der Waals surface area contributed by atoms with Crippen LogP contribution in [-0.4, -0.2) is 13.7 Å². The number of methoxy groups -OCH3 is 1. The summed E-state index contributed by atoms with van der Waals surface area (Å²) in [5.74, 6) is 3.11. The number of allylic oxidation sites excluding steroid dienone is 3. The summed E-state index contributed by atoms with van der Waals surface area (Å²) in [5, 5.41) is 0. The number of hydrogen-bond acceptors (Lipinski definition) is 1. The summed E-state index contributed by atoms with van der Waals surface area (Å²) >= 11 is 0. The summed E-state index contributed by atoms with van der Waals surface area (Å²) in [5.41, 5.74) is 5.61. The van der Waals surface area contributed by atoms with E-state index in [9.17, 15) is 0 Å². The van der Waals surface area contributed by atoms with Crippen molar-refractivity contribution in [3.8, 4) is 0 Å². The molecule has 3 aliphatic carbocycles. The Morgan fingerprint density at radius 3 is 2.36 bits per heavy atom. The van der Waals surface area contributed by atoms with Crippen LogP contribution < -0.4 is 0 Å². The van der Waals surface area contributed by atoms with Crippen LogP contribution in [0.2, 0.25) is 0 Å². The predicted molar refractivity (Wildman–Crippen MR) is 112 cm³/mol. The summed E-state index contributed by atoms with van der Waals surface area (Å²) in [7, 11) is 1.84. The van der Waals surface area contributed by atoms with Crippen LogP contribution in [0.5, 0.6) is 0 Å². The van der Waals surface area contributed by atoms with Gasteiger partial charge >= 0.3 is 0 Å². The van der Waals surface area contributed by atoms with Crippen LogP contribution in [0, 0.1) is 29.1 Å². The molecular formula is C24H44O. The molecule has 1 fully saturated rings. The molecule has 0 saturated heterocycles. The molecule has 1 heteroatoms. The van der Waals surface area contributed by atoms with Gasteiger partial charge in [0.25, 0.3) is 0 Å². The van der Waals surface area contributed by atoms with E-state index in [1.54, 1.807) is 16.7 Å². The first kappa shape index (κ1) is 22.5. The second-order valence-electron chi connectivity index (χ2n) is 8.31. The van der Waals surface area contributed by atoms with Crippen LogP contribution >= 0.6 is 0 Å². The van der Waals surface area contributed by atoms with Gasteiger partial charge in [0.2, 0.25) is 0 Å². The first-order valence-corrected chi connectivity index (χ1v) is 10.9. The highest BCUT2D eigenvalue weighted by Crippen LogP contribution is 2.58. The van der Waals surface area contributed by atoms with Crippen LogP contribution in [0.1, 0.15) is 87.5 Å². The zero-order chi connectivity index (χ0) is 19.2. The van der Waals surface area contributed by atoms with E-state index >= 15 is 0 Å². The Balaban J connectivity index is 0.000000730. The second kappa shape index (κ2) is 9.95. The lowest BCUT2D eigenvalue weighted by Crippen LogP contribution is -2.18. The zero-order valence-corrected chi connectivity index (χ0v) is 18.5. The van der Waals surface area contributed by atoms with E-state index in [1.165, 1.54) is 32.1 Å². The van der Waals surface area contributed by atoms with Gasteiger partial charge in [0.1, 0.15) is 0 Å². The molecule has 0 bridgehead atoms. The SMILES string of the molecule is CC.CC.COCC1=C2CC3(C)CCC(C(C)C)C3=CC(C)C2CC1. The third-order valence-corrected chi connectivity index (χ3v) is 6.54. The maximum Gasteiger partial charge on any atom is 0.0675 e. The summed E-state index contributed by atoms with van der Waals surface area (Å²) < 4.78 is 5.48. The van der Waals surface area contributed by atoms with Crippen LogP contribution in [0.25, 0.3) is 0 Å². The molecule has 0 aromatic heterocycles. The molecule has 3 rings (SSSR count). The number of hydrogen-bond donors (Lipinski definition) is 0. The molecule has 0 spiro atoms. The molecule has 4 atom stereocenters. The minimum Gasteiger partial charge on any atom is -0.380 e. The van der Waals surface area contributed by atoms with Crippen LogP contribution in [0.4, 0.5) is 0 Å². The number of fused-ring (bicyclic) bond motifs is 2. The standard InChI is InChI=1S/C20H32O.2C2H6/c1-13(2)16-8-9-20(4)11-18-15(12-21-5)6-7-17(18)14(3)10-19(16)20;2*1-2/h10,13-14,16-17H,6-9,11-12H2,1-5H3;2*1-2H3. The van der Waals surface area contributed by atoms with Gasteiger partial charge in [0, 0.05) is 7.11 Å². The topological polar surface area (TPSA) is 9.23 Å². The smallest absolute Gasteiger partial charge is 0.0675 e. The fraction of sp³-hybridized carbons (Fsp3) is 0.833.